The Morgan fingerprint density at radius 2 is 2.15 bits per heavy atom. The predicted octanol–water partition coefficient (Wildman–Crippen LogP) is 0.611. The number of methoxy groups -OCH3 is 1. The summed E-state index contributed by atoms with van der Waals surface area (Å²) in [5, 5.41) is 9.17. The molecule has 1 aromatic rings. The number of aliphatic hydroxyl groups excluding tert-OH is 1. The second-order valence-corrected chi connectivity index (χ2v) is 5.03. The van der Waals surface area contributed by atoms with E-state index in [2.05, 4.69) is 0 Å². The van der Waals surface area contributed by atoms with Crippen molar-refractivity contribution in [2.24, 2.45) is 5.92 Å². The lowest BCUT2D eigenvalue weighted by atomic mass is 10.0. The number of aliphatic hydroxyl groups is 1. The maximum atomic E-state index is 12.0. The van der Waals surface area contributed by atoms with Gasteiger partial charge in [0.05, 0.1) is 7.11 Å². The maximum Gasteiger partial charge on any atom is 0.328 e. The van der Waals surface area contributed by atoms with Crippen LogP contribution in [0.2, 0.25) is 0 Å². The van der Waals surface area contributed by atoms with Gasteiger partial charge in [-0.3, -0.25) is 4.79 Å². The standard InChI is InChI=1S/C15H19NO4/c1-20-15(19)13(7-11-5-3-2-4-6-11)16-9-12(10-17)8-14(16)18/h2-6,12-13,17H,7-10H2,1H3/t12?,13-/m1/s1. The van der Waals surface area contributed by atoms with Gasteiger partial charge in [0.2, 0.25) is 5.91 Å². The van der Waals surface area contributed by atoms with Gasteiger partial charge in [0.15, 0.2) is 0 Å². The summed E-state index contributed by atoms with van der Waals surface area (Å²) in [6.45, 7) is 0.364. The Morgan fingerprint density at radius 3 is 2.70 bits per heavy atom. The highest BCUT2D eigenvalue weighted by atomic mass is 16.5. The molecule has 1 N–H and O–H groups in total. The number of hydrogen-bond donors (Lipinski definition) is 1. The van der Waals surface area contributed by atoms with Gasteiger partial charge in [-0.15, -0.1) is 0 Å². The van der Waals surface area contributed by atoms with Gasteiger partial charge in [-0.05, 0) is 5.56 Å². The average Bonchev–Trinajstić information content (AvgIpc) is 2.86. The minimum Gasteiger partial charge on any atom is -0.467 e. The van der Waals surface area contributed by atoms with Crippen LogP contribution in [0, 0.1) is 5.92 Å². The topological polar surface area (TPSA) is 66.8 Å². The van der Waals surface area contributed by atoms with Crippen LogP contribution < -0.4 is 0 Å². The molecule has 2 rings (SSSR count). The largest absolute Gasteiger partial charge is 0.467 e. The normalized spacial score (nSPS) is 20.0. The molecule has 1 aliphatic rings. The smallest absolute Gasteiger partial charge is 0.328 e. The molecule has 0 spiro atoms. The van der Waals surface area contributed by atoms with Crippen molar-refractivity contribution in [1.82, 2.24) is 4.90 Å². The Labute approximate surface area is 118 Å². The first-order valence-corrected chi connectivity index (χ1v) is 6.67. The first-order chi connectivity index (χ1) is 9.65. The monoisotopic (exact) mass is 277 g/mol. The van der Waals surface area contributed by atoms with Crippen molar-refractivity contribution in [2.75, 3.05) is 20.3 Å². The lowest BCUT2D eigenvalue weighted by Crippen LogP contribution is -2.44. The minimum atomic E-state index is -0.619. The summed E-state index contributed by atoms with van der Waals surface area (Å²) in [6, 6.07) is 8.91. The molecule has 2 atom stereocenters. The van der Waals surface area contributed by atoms with Crippen LogP contribution in [-0.4, -0.2) is 48.2 Å². The first kappa shape index (κ1) is 14.5. The highest BCUT2D eigenvalue weighted by Gasteiger charge is 2.37. The number of likely N-dealkylation sites (tertiary alicyclic amines) is 1. The number of benzene rings is 1. The molecule has 1 aromatic carbocycles. The molecule has 5 nitrogen and oxygen atoms in total. The third-order valence-electron chi connectivity index (χ3n) is 3.62. The number of rotatable bonds is 5. The Hall–Kier alpha value is -1.88. The van der Waals surface area contributed by atoms with E-state index in [-0.39, 0.29) is 18.4 Å². The Morgan fingerprint density at radius 1 is 1.45 bits per heavy atom. The Bertz CT molecular complexity index is 474. The lowest BCUT2D eigenvalue weighted by molar-refractivity contribution is -0.151. The van der Waals surface area contributed by atoms with E-state index in [0.29, 0.717) is 19.4 Å². The van der Waals surface area contributed by atoms with Crippen molar-refractivity contribution in [2.45, 2.75) is 18.9 Å². The fraction of sp³-hybridized carbons (Fsp3) is 0.467. The van der Waals surface area contributed by atoms with Crippen molar-refractivity contribution in [1.29, 1.82) is 0 Å². The summed E-state index contributed by atoms with van der Waals surface area (Å²) in [6.07, 6.45) is 0.718. The number of ether oxygens (including phenoxy) is 1. The van der Waals surface area contributed by atoms with Crippen molar-refractivity contribution < 1.29 is 19.4 Å². The van der Waals surface area contributed by atoms with Gasteiger partial charge in [0, 0.05) is 31.9 Å². The first-order valence-electron chi connectivity index (χ1n) is 6.67. The number of nitrogens with zero attached hydrogens (tertiary/aromatic N) is 1. The molecule has 1 fully saturated rings. The van der Waals surface area contributed by atoms with Crippen LogP contribution in [0.1, 0.15) is 12.0 Å². The van der Waals surface area contributed by atoms with Crippen LogP contribution >= 0.6 is 0 Å². The van der Waals surface area contributed by atoms with E-state index in [9.17, 15) is 14.7 Å². The van der Waals surface area contributed by atoms with Crippen molar-refractivity contribution in [3.05, 3.63) is 35.9 Å². The van der Waals surface area contributed by atoms with Gasteiger partial charge >= 0.3 is 5.97 Å². The zero-order valence-corrected chi connectivity index (χ0v) is 11.5. The van der Waals surface area contributed by atoms with Crippen LogP contribution in [0.25, 0.3) is 0 Å². The molecule has 5 heteroatoms. The molecule has 1 unspecified atom stereocenters. The minimum absolute atomic E-state index is 0.0402. The summed E-state index contributed by atoms with van der Waals surface area (Å²) in [5.41, 5.74) is 0.975. The predicted molar refractivity (Wildman–Crippen MR) is 72.9 cm³/mol. The highest BCUT2D eigenvalue weighted by molar-refractivity contribution is 5.86. The number of esters is 1. The molecule has 0 aliphatic carbocycles. The molecule has 0 bridgehead atoms. The zero-order valence-electron chi connectivity index (χ0n) is 11.5. The number of amides is 1. The quantitative estimate of drug-likeness (QED) is 0.801. The molecule has 0 aromatic heterocycles. The number of carbonyl (C=O) groups excluding carboxylic acids is 2. The Kier molecular flexibility index (Phi) is 4.74. The molecule has 1 saturated heterocycles. The molecule has 1 amide bonds. The zero-order chi connectivity index (χ0) is 14.5. The second-order valence-electron chi connectivity index (χ2n) is 5.03. The fourth-order valence-corrected chi connectivity index (χ4v) is 2.53. The van der Waals surface area contributed by atoms with Crippen LogP contribution in [0.5, 0.6) is 0 Å². The van der Waals surface area contributed by atoms with E-state index < -0.39 is 12.0 Å². The van der Waals surface area contributed by atoms with Gasteiger partial charge in [-0.1, -0.05) is 30.3 Å². The maximum absolute atomic E-state index is 12.0. The van der Waals surface area contributed by atoms with E-state index >= 15 is 0 Å². The lowest BCUT2D eigenvalue weighted by Gasteiger charge is -2.26. The van der Waals surface area contributed by atoms with Gasteiger partial charge in [0.1, 0.15) is 6.04 Å². The van der Waals surface area contributed by atoms with Crippen molar-refractivity contribution >= 4 is 11.9 Å². The number of carbonyl (C=O) groups is 2. The van der Waals surface area contributed by atoms with E-state index in [1.165, 1.54) is 12.0 Å². The molecule has 1 heterocycles. The molecule has 108 valence electrons. The molecule has 20 heavy (non-hydrogen) atoms. The summed E-state index contributed by atoms with van der Waals surface area (Å²) in [7, 11) is 1.32. The van der Waals surface area contributed by atoms with Crippen molar-refractivity contribution in [3.63, 3.8) is 0 Å². The summed E-state index contributed by atoms with van der Waals surface area (Å²) < 4.78 is 4.82. The van der Waals surface area contributed by atoms with Gasteiger partial charge in [-0.25, -0.2) is 4.79 Å². The van der Waals surface area contributed by atoms with E-state index in [1.807, 2.05) is 30.3 Å². The molecule has 0 saturated carbocycles. The van der Waals surface area contributed by atoms with E-state index in [0.717, 1.165) is 5.56 Å². The van der Waals surface area contributed by atoms with E-state index in [1.54, 1.807) is 0 Å². The fourth-order valence-electron chi connectivity index (χ4n) is 2.53. The molecule has 0 radical (unpaired) electrons. The van der Waals surface area contributed by atoms with E-state index in [4.69, 9.17) is 4.74 Å². The van der Waals surface area contributed by atoms with Crippen LogP contribution in [0.4, 0.5) is 0 Å². The van der Waals surface area contributed by atoms with Gasteiger partial charge < -0.3 is 14.7 Å². The highest BCUT2D eigenvalue weighted by Crippen LogP contribution is 2.22. The number of hydrogen-bond acceptors (Lipinski definition) is 4. The van der Waals surface area contributed by atoms with Crippen LogP contribution in [-0.2, 0) is 20.7 Å². The third-order valence-corrected chi connectivity index (χ3v) is 3.62. The van der Waals surface area contributed by atoms with Crippen LogP contribution in [0.3, 0.4) is 0 Å². The SMILES string of the molecule is COC(=O)[C@@H](Cc1ccccc1)N1CC(CO)CC1=O. The average molecular weight is 277 g/mol. The molecule has 1 aliphatic heterocycles. The third kappa shape index (κ3) is 3.17. The summed E-state index contributed by atoms with van der Waals surface area (Å²) >= 11 is 0. The summed E-state index contributed by atoms with van der Waals surface area (Å²) in [5.74, 6) is -0.610. The summed E-state index contributed by atoms with van der Waals surface area (Å²) in [4.78, 5) is 25.5. The second kappa shape index (κ2) is 6.52. The Balaban J connectivity index is 2.16. The van der Waals surface area contributed by atoms with Gasteiger partial charge in [0.25, 0.3) is 0 Å². The molecular formula is C15H19NO4. The van der Waals surface area contributed by atoms with Crippen LogP contribution in [0.15, 0.2) is 30.3 Å². The van der Waals surface area contributed by atoms with Gasteiger partial charge in [-0.2, -0.15) is 0 Å². The molecular weight excluding hydrogens is 258 g/mol. The van der Waals surface area contributed by atoms with Crippen molar-refractivity contribution in [3.8, 4) is 0 Å².